The highest BCUT2D eigenvalue weighted by Crippen LogP contribution is 2.10. The number of hydrogen-bond acceptors (Lipinski definition) is 3. The molecule has 0 fully saturated rings. The average Bonchev–Trinajstić information content (AvgIpc) is 2.69. The van der Waals surface area contributed by atoms with E-state index in [0.29, 0.717) is 18.8 Å². The number of hydrogen-bond donors (Lipinski definition) is 0. The summed E-state index contributed by atoms with van der Waals surface area (Å²) in [6.07, 6.45) is 5.24. The molecule has 3 aromatic rings. The van der Waals surface area contributed by atoms with Gasteiger partial charge in [0.05, 0.1) is 12.2 Å². The van der Waals surface area contributed by atoms with E-state index in [1.54, 1.807) is 18.5 Å². The van der Waals surface area contributed by atoms with Gasteiger partial charge in [-0.15, -0.1) is 0 Å². The maximum Gasteiger partial charge on any atom is 0.272 e. The number of aromatic nitrogens is 2. The minimum atomic E-state index is -0.0562. The second kappa shape index (κ2) is 8.73. The first-order valence-corrected chi connectivity index (χ1v) is 8.47. The fourth-order valence-corrected chi connectivity index (χ4v) is 2.71. The molecule has 0 aliphatic heterocycles. The molecule has 25 heavy (non-hydrogen) atoms. The van der Waals surface area contributed by atoms with E-state index in [-0.39, 0.29) is 5.91 Å². The van der Waals surface area contributed by atoms with Crippen LogP contribution in [0.3, 0.4) is 0 Å². The summed E-state index contributed by atoms with van der Waals surface area (Å²) in [5.74, 6) is -0.0562. The quantitative estimate of drug-likeness (QED) is 0.662. The van der Waals surface area contributed by atoms with Crippen LogP contribution in [0.5, 0.6) is 0 Å². The Morgan fingerprint density at radius 2 is 1.56 bits per heavy atom. The van der Waals surface area contributed by atoms with Crippen molar-refractivity contribution in [2.45, 2.75) is 19.4 Å². The van der Waals surface area contributed by atoms with Crippen LogP contribution in [0, 0.1) is 0 Å². The summed E-state index contributed by atoms with van der Waals surface area (Å²) in [6.45, 7) is 1.16. The largest absolute Gasteiger partial charge is 0.331 e. The second-order valence-electron chi connectivity index (χ2n) is 5.85. The van der Waals surface area contributed by atoms with Gasteiger partial charge >= 0.3 is 0 Å². The zero-order valence-corrected chi connectivity index (χ0v) is 14.1. The van der Waals surface area contributed by atoms with Gasteiger partial charge in [-0.25, -0.2) is 0 Å². The molecule has 0 radical (unpaired) electrons. The molecule has 4 nitrogen and oxygen atoms in total. The number of aryl methyl sites for hydroxylation is 1. The summed E-state index contributed by atoms with van der Waals surface area (Å²) in [7, 11) is 0. The SMILES string of the molecule is O=C(c1ccccn1)N(CCCc1ccccc1)Cc1ccccn1. The van der Waals surface area contributed by atoms with Crippen LogP contribution in [0.2, 0.25) is 0 Å². The lowest BCUT2D eigenvalue weighted by Crippen LogP contribution is -2.32. The first kappa shape index (κ1) is 16.8. The summed E-state index contributed by atoms with van der Waals surface area (Å²) < 4.78 is 0. The van der Waals surface area contributed by atoms with Crippen LogP contribution in [0.15, 0.2) is 79.1 Å². The van der Waals surface area contributed by atoms with E-state index in [1.807, 2.05) is 53.4 Å². The maximum atomic E-state index is 12.8. The van der Waals surface area contributed by atoms with Gasteiger partial charge in [0.1, 0.15) is 5.69 Å². The van der Waals surface area contributed by atoms with Crippen molar-refractivity contribution in [1.29, 1.82) is 0 Å². The van der Waals surface area contributed by atoms with Crippen LogP contribution in [-0.4, -0.2) is 27.3 Å². The molecule has 2 heterocycles. The Labute approximate surface area is 148 Å². The lowest BCUT2D eigenvalue weighted by atomic mass is 10.1. The second-order valence-corrected chi connectivity index (χ2v) is 5.85. The summed E-state index contributed by atoms with van der Waals surface area (Å²) in [5.41, 5.74) is 2.63. The Bertz CT molecular complexity index is 776. The molecule has 0 bridgehead atoms. The van der Waals surface area contributed by atoms with Crippen molar-refractivity contribution in [2.24, 2.45) is 0 Å². The molecule has 0 spiro atoms. The van der Waals surface area contributed by atoms with Crippen molar-refractivity contribution >= 4 is 5.91 Å². The average molecular weight is 331 g/mol. The number of rotatable bonds is 7. The first-order chi connectivity index (χ1) is 12.3. The molecule has 1 aromatic carbocycles. The van der Waals surface area contributed by atoms with E-state index < -0.39 is 0 Å². The number of carbonyl (C=O) groups is 1. The summed E-state index contributed by atoms with van der Waals surface area (Å²) in [4.78, 5) is 23.2. The number of amides is 1. The third-order valence-electron chi connectivity index (χ3n) is 3.99. The lowest BCUT2D eigenvalue weighted by Gasteiger charge is -2.22. The fourth-order valence-electron chi connectivity index (χ4n) is 2.71. The minimum absolute atomic E-state index is 0.0562. The van der Waals surface area contributed by atoms with E-state index >= 15 is 0 Å². The van der Waals surface area contributed by atoms with Gasteiger partial charge in [0.2, 0.25) is 0 Å². The van der Waals surface area contributed by atoms with Crippen LogP contribution in [-0.2, 0) is 13.0 Å². The Morgan fingerprint density at radius 1 is 0.840 bits per heavy atom. The molecule has 0 aliphatic carbocycles. The zero-order valence-electron chi connectivity index (χ0n) is 14.1. The van der Waals surface area contributed by atoms with Crippen molar-refractivity contribution in [2.75, 3.05) is 6.54 Å². The maximum absolute atomic E-state index is 12.8. The van der Waals surface area contributed by atoms with Crippen LogP contribution < -0.4 is 0 Å². The Hall–Kier alpha value is -3.01. The molecule has 0 saturated heterocycles. The fraction of sp³-hybridized carbons (Fsp3) is 0.190. The standard InChI is InChI=1S/C21H21N3O/c25-21(20-13-5-7-15-23-20)24(17-19-12-4-6-14-22-19)16-8-11-18-9-2-1-3-10-18/h1-7,9-10,12-15H,8,11,16-17H2. The van der Waals surface area contributed by atoms with Gasteiger partial charge in [-0.1, -0.05) is 42.5 Å². The van der Waals surface area contributed by atoms with E-state index in [9.17, 15) is 4.79 Å². The predicted molar refractivity (Wildman–Crippen MR) is 98.0 cm³/mol. The third kappa shape index (κ3) is 4.98. The van der Waals surface area contributed by atoms with Gasteiger partial charge in [-0.3, -0.25) is 14.8 Å². The van der Waals surface area contributed by atoms with Gasteiger partial charge in [0.25, 0.3) is 5.91 Å². The number of carbonyl (C=O) groups excluding carboxylic acids is 1. The van der Waals surface area contributed by atoms with Gasteiger partial charge in [-0.2, -0.15) is 0 Å². The summed E-state index contributed by atoms with van der Waals surface area (Å²) >= 11 is 0. The first-order valence-electron chi connectivity index (χ1n) is 8.47. The van der Waals surface area contributed by atoms with Crippen molar-refractivity contribution in [3.8, 4) is 0 Å². The minimum Gasteiger partial charge on any atom is -0.331 e. The van der Waals surface area contributed by atoms with Crippen LogP contribution >= 0.6 is 0 Å². The highest BCUT2D eigenvalue weighted by atomic mass is 16.2. The van der Waals surface area contributed by atoms with Crippen molar-refractivity contribution in [3.63, 3.8) is 0 Å². The van der Waals surface area contributed by atoms with Crippen molar-refractivity contribution in [3.05, 3.63) is 96.1 Å². The molecule has 0 N–H and O–H groups in total. The molecular formula is C21H21N3O. The van der Waals surface area contributed by atoms with E-state index in [4.69, 9.17) is 0 Å². The normalized spacial score (nSPS) is 10.4. The Morgan fingerprint density at radius 3 is 2.24 bits per heavy atom. The number of nitrogens with zero attached hydrogens (tertiary/aromatic N) is 3. The number of pyridine rings is 2. The molecule has 4 heteroatoms. The molecule has 3 rings (SSSR count). The van der Waals surface area contributed by atoms with E-state index in [0.717, 1.165) is 18.5 Å². The molecule has 0 atom stereocenters. The van der Waals surface area contributed by atoms with Crippen molar-refractivity contribution < 1.29 is 4.79 Å². The van der Waals surface area contributed by atoms with Crippen LogP contribution in [0.1, 0.15) is 28.2 Å². The van der Waals surface area contributed by atoms with Crippen LogP contribution in [0.25, 0.3) is 0 Å². The van der Waals surface area contributed by atoms with Gasteiger partial charge in [0, 0.05) is 18.9 Å². The number of benzene rings is 1. The topological polar surface area (TPSA) is 46.1 Å². The molecular weight excluding hydrogens is 310 g/mol. The van der Waals surface area contributed by atoms with Gasteiger partial charge in [0.15, 0.2) is 0 Å². The summed E-state index contributed by atoms with van der Waals surface area (Å²) in [6, 6.07) is 21.5. The highest BCUT2D eigenvalue weighted by molar-refractivity contribution is 5.92. The molecule has 2 aromatic heterocycles. The smallest absolute Gasteiger partial charge is 0.272 e. The van der Waals surface area contributed by atoms with Gasteiger partial charge < -0.3 is 4.90 Å². The van der Waals surface area contributed by atoms with E-state index in [1.165, 1.54) is 5.56 Å². The monoisotopic (exact) mass is 331 g/mol. The molecule has 0 aliphatic rings. The molecule has 126 valence electrons. The zero-order chi connectivity index (χ0) is 17.3. The summed E-state index contributed by atoms with van der Waals surface area (Å²) in [5, 5.41) is 0. The molecule has 1 amide bonds. The van der Waals surface area contributed by atoms with Gasteiger partial charge in [-0.05, 0) is 42.7 Å². The Balaban J connectivity index is 1.68. The third-order valence-corrected chi connectivity index (χ3v) is 3.99. The van der Waals surface area contributed by atoms with Crippen LogP contribution in [0.4, 0.5) is 0 Å². The molecule has 0 saturated carbocycles. The Kier molecular flexibility index (Phi) is 5.88. The highest BCUT2D eigenvalue weighted by Gasteiger charge is 2.17. The lowest BCUT2D eigenvalue weighted by molar-refractivity contribution is 0.0733. The van der Waals surface area contributed by atoms with E-state index in [2.05, 4.69) is 22.1 Å². The van der Waals surface area contributed by atoms with Crippen molar-refractivity contribution in [1.82, 2.24) is 14.9 Å². The molecule has 0 unspecified atom stereocenters. The predicted octanol–water partition coefficient (Wildman–Crippen LogP) is 3.75.